The molecule has 2 heterocycles. The van der Waals surface area contributed by atoms with Crippen LogP contribution in [-0.4, -0.2) is 68.3 Å². The van der Waals surface area contributed by atoms with E-state index in [4.69, 9.17) is 24.0 Å². The molecule has 1 aromatic heterocycles. The van der Waals surface area contributed by atoms with Crippen LogP contribution in [0.2, 0.25) is 0 Å². The average molecular weight is 677 g/mol. The maximum Gasteiger partial charge on any atom is 0.224 e. The summed E-state index contributed by atoms with van der Waals surface area (Å²) in [6, 6.07) is 14.6. The highest BCUT2D eigenvalue weighted by Gasteiger charge is 2.45. The van der Waals surface area contributed by atoms with Gasteiger partial charge in [0.15, 0.2) is 17.3 Å². The van der Waals surface area contributed by atoms with Crippen molar-refractivity contribution in [2.75, 3.05) is 57.2 Å². The molecule has 1 saturated heterocycles. The lowest BCUT2D eigenvalue weighted by molar-refractivity contribution is -0.208. The summed E-state index contributed by atoms with van der Waals surface area (Å²) >= 11 is 0. The van der Waals surface area contributed by atoms with Gasteiger partial charge < -0.3 is 29.7 Å². The molecule has 0 spiro atoms. The number of carbonyl (C=O) groups excluding carboxylic acids is 2. The fourth-order valence-corrected chi connectivity index (χ4v) is 5.72. The molecule has 3 aromatic carbocycles. The van der Waals surface area contributed by atoms with E-state index in [1.165, 1.54) is 49.7 Å². The molecule has 258 valence electrons. The van der Waals surface area contributed by atoms with Crippen LogP contribution < -0.4 is 25.0 Å². The van der Waals surface area contributed by atoms with E-state index in [1.807, 2.05) is 0 Å². The largest absolute Gasteiger partial charge is 0.493 e. The van der Waals surface area contributed by atoms with Crippen molar-refractivity contribution in [1.29, 1.82) is 0 Å². The van der Waals surface area contributed by atoms with Crippen LogP contribution in [0.15, 0.2) is 66.9 Å². The van der Waals surface area contributed by atoms with Gasteiger partial charge in [-0.1, -0.05) is 0 Å². The maximum absolute atomic E-state index is 15.2. The monoisotopic (exact) mass is 676 g/mol. The van der Waals surface area contributed by atoms with Gasteiger partial charge in [-0.2, -0.15) is 4.89 Å². The predicted octanol–water partition coefficient (Wildman–Crippen LogP) is 6.48. The summed E-state index contributed by atoms with van der Waals surface area (Å²) in [6.07, 6.45) is 4.04. The van der Waals surface area contributed by atoms with Crippen LogP contribution in [0.4, 0.5) is 20.2 Å². The summed E-state index contributed by atoms with van der Waals surface area (Å²) in [5, 5.41) is 6.02. The second kappa shape index (κ2) is 15.6. The number of ether oxygens (including phenoxy) is 3. The molecule has 0 radical (unpaired) electrons. The molecule has 0 atom stereocenters. The van der Waals surface area contributed by atoms with Gasteiger partial charge >= 0.3 is 0 Å². The lowest BCUT2D eigenvalue weighted by atomic mass is 9.97. The van der Waals surface area contributed by atoms with Crippen molar-refractivity contribution < 1.29 is 42.4 Å². The van der Waals surface area contributed by atoms with Crippen molar-refractivity contribution in [2.45, 2.75) is 32.1 Å². The zero-order valence-corrected chi connectivity index (χ0v) is 27.1. The second-order valence-electron chi connectivity index (χ2n) is 12.2. The van der Waals surface area contributed by atoms with Gasteiger partial charge in [0.1, 0.15) is 11.6 Å². The number of nitrogens with zero attached hydrogens (tertiary/aromatic N) is 2. The molecule has 13 heteroatoms. The van der Waals surface area contributed by atoms with Crippen molar-refractivity contribution in [3.8, 4) is 23.0 Å². The van der Waals surface area contributed by atoms with Gasteiger partial charge in [0.2, 0.25) is 17.6 Å². The minimum absolute atomic E-state index is 0.0514. The molecular weight excluding hydrogens is 638 g/mol. The molecule has 0 unspecified atom stereocenters. The number of aromatic nitrogens is 1. The highest BCUT2D eigenvalue weighted by molar-refractivity contribution is 5.94. The number of hydrogen-bond acceptors (Lipinski definition) is 9. The quantitative estimate of drug-likeness (QED) is 0.0828. The highest BCUT2D eigenvalue weighted by atomic mass is 19.1. The zero-order chi connectivity index (χ0) is 34.2. The van der Waals surface area contributed by atoms with E-state index in [0.29, 0.717) is 40.4 Å². The first-order chi connectivity index (χ1) is 23.8. The number of amides is 2. The van der Waals surface area contributed by atoms with E-state index in [2.05, 4.69) is 20.5 Å². The summed E-state index contributed by atoms with van der Waals surface area (Å²) in [4.78, 5) is 43.1. The first kappa shape index (κ1) is 34.0. The SMILES string of the molecule is COc1cc2c(Oc3ccc(NC(=O)CC4(CC(=O)Nc5ccc(F)cc5)CC4)cc3F)ccnc2cc1OOCCCN1CCOCC1. The number of benzene rings is 3. The number of methoxy groups -OCH3 is 1. The summed E-state index contributed by atoms with van der Waals surface area (Å²) in [5.41, 5.74) is 0.807. The summed E-state index contributed by atoms with van der Waals surface area (Å²) in [6.45, 7) is 4.58. The molecular formula is C36H38F2N4O7. The first-order valence-electron chi connectivity index (χ1n) is 16.2. The number of hydrogen-bond donors (Lipinski definition) is 2. The second-order valence-corrected chi connectivity index (χ2v) is 12.2. The number of rotatable bonds is 15. The molecule has 2 fully saturated rings. The Morgan fingerprint density at radius 2 is 1.59 bits per heavy atom. The zero-order valence-electron chi connectivity index (χ0n) is 27.1. The molecule has 0 bridgehead atoms. The van der Waals surface area contributed by atoms with E-state index in [9.17, 15) is 14.0 Å². The van der Waals surface area contributed by atoms with Crippen LogP contribution in [-0.2, 0) is 19.2 Å². The van der Waals surface area contributed by atoms with E-state index < -0.39 is 17.0 Å². The number of fused-ring (bicyclic) bond motifs is 1. The number of anilines is 2. The summed E-state index contributed by atoms with van der Waals surface area (Å²) in [7, 11) is 1.50. The molecule has 4 aromatic rings. The third-order valence-corrected chi connectivity index (χ3v) is 8.53. The van der Waals surface area contributed by atoms with Crippen LogP contribution in [0.5, 0.6) is 23.0 Å². The predicted molar refractivity (Wildman–Crippen MR) is 178 cm³/mol. The fourth-order valence-electron chi connectivity index (χ4n) is 5.72. The number of carbonyl (C=O) groups is 2. The third kappa shape index (κ3) is 9.19. The summed E-state index contributed by atoms with van der Waals surface area (Å²) < 4.78 is 45.2. The van der Waals surface area contributed by atoms with Gasteiger partial charge in [-0.05, 0) is 73.2 Å². The summed E-state index contributed by atoms with van der Waals surface area (Å²) in [5.74, 6) is -0.634. The number of halogens is 2. The van der Waals surface area contributed by atoms with Crippen molar-refractivity contribution in [3.63, 3.8) is 0 Å². The van der Waals surface area contributed by atoms with Crippen molar-refractivity contribution in [1.82, 2.24) is 9.88 Å². The Bertz CT molecular complexity index is 1780. The van der Waals surface area contributed by atoms with Crippen molar-refractivity contribution in [3.05, 3.63) is 78.5 Å². The standard InChI is InChI=1S/C36H38F2N4O7/c1-45-32-20-27-29(21-33(32)49-47-16-2-13-42-14-17-46-18-15-42)39-12-9-30(27)48-31-8-7-26(19-28(31)38)41-35(44)23-36(10-11-36)22-34(43)40-25-5-3-24(37)4-6-25/h3-9,12,19-21H,2,10-11,13-18,22-23H2,1H3,(H,40,43)(H,41,44). The molecule has 6 rings (SSSR count). The van der Waals surface area contributed by atoms with Crippen LogP contribution in [0.25, 0.3) is 10.9 Å². The van der Waals surface area contributed by atoms with E-state index >= 15 is 4.39 Å². The Hall–Kier alpha value is -4.85. The lowest BCUT2D eigenvalue weighted by Crippen LogP contribution is -2.37. The number of nitrogens with one attached hydrogen (secondary N) is 2. The maximum atomic E-state index is 15.2. The molecule has 2 amide bonds. The van der Waals surface area contributed by atoms with Gasteiger partial charge in [0.25, 0.3) is 0 Å². The Labute approximate surface area is 282 Å². The molecule has 1 aliphatic heterocycles. The van der Waals surface area contributed by atoms with Crippen molar-refractivity contribution >= 4 is 34.1 Å². The molecule has 1 aliphatic carbocycles. The van der Waals surface area contributed by atoms with Gasteiger partial charge in [-0.25, -0.2) is 8.78 Å². The van der Waals surface area contributed by atoms with Crippen molar-refractivity contribution in [2.24, 2.45) is 5.41 Å². The van der Waals surface area contributed by atoms with Gasteiger partial charge in [-0.3, -0.25) is 19.5 Å². The topological polar surface area (TPSA) is 120 Å². The minimum Gasteiger partial charge on any atom is -0.493 e. The fraction of sp³-hybridized carbons (Fsp3) is 0.361. The van der Waals surface area contributed by atoms with E-state index in [0.717, 1.165) is 52.1 Å². The van der Waals surface area contributed by atoms with Crippen LogP contribution in [0, 0.1) is 17.0 Å². The van der Waals surface area contributed by atoms with Gasteiger partial charge in [-0.15, -0.1) is 0 Å². The van der Waals surface area contributed by atoms with E-state index in [-0.39, 0.29) is 36.1 Å². The Balaban J connectivity index is 1.03. The van der Waals surface area contributed by atoms with Gasteiger partial charge in [0.05, 0.1) is 32.4 Å². The normalized spacial score (nSPS) is 15.4. The highest BCUT2D eigenvalue weighted by Crippen LogP contribution is 2.52. The Morgan fingerprint density at radius 1 is 0.878 bits per heavy atom. The number of morpholine rings is 1. The Kier molecular flexibility index (Phi) is 10.8. The smallest absolute Gasteiger partial charge is 0.224 e. The van der Waals surface area contributed by atoms with Crippen LogP contribution in [0.1, 0.15) is 32.1 Å². The number of pyridine rings is 1. The third-order valence-electron chi connectivity index (χ3n) is 8.53. The minimum atomic E-state index is -0.681. The molecule has 2 aliphatic rings. The molecule has 1 saturated carbocycles. The van der Waals surface area contributed by atoms with E-state index in [1.54, 1.807) is 24.3 Å². The first-order valence-corrected chi connectivity index (χ1v) is 16.2. The van der Waals surface area contributed by atoms with Crippen LogP contribution >= 0.6 is 0 Å². The molecule has 2 N–H and O–H groups in total. The average Bonchev–Trinajstić information content (AvgIpc) is 3.84. The van der Waals surface area contributed by atoms with Crippen LogP contribution in [0.3, 0.4) is 0 Å². The van der Waals surface area contributed by atoms with Gasteiger partial charge in [0, 0.05) is 67.6 Å². The Morgan fingerprint density at radius 3 is 2.29 bits per heavy atom. The molecule has 11 nitrogen and oxygen atoms in total. The molecule has 49 heavy (non-hydrogen) atoms. The lowest BCUT2D eigenvalue weighted by Gasteiger charge is -2.26.